The Bertz CT molecular complexity index is 1130. The van der Waals surface area contributed by atoms with E-state index in [0.29, 0.717) is 22.7 Å². The summed E-state index contributed by atoms with van der Waals surface area (Å²) in [6.07, 6.45) is 0. The zero-order chi connectivity index (χ0) is 23.8. The number of nitriles is 1. The van der Waals surface area contributed by atoms with Gasteiger partial charge in [-0.1, -0.05) is 30.3 Å². The number of piperazine rings is 1. The molecule has 3 aromatic rings. The minimum absolute atomic E-state index is 0.159. The van der Waals surface area contributed by atoms with Crippen LogP contribution in [-0.4, -0.2) is 50.7 Å². The molecular formula is C27H28N4O3. The van der Waals surface area contributed by atoms with Crippen molar-refractivity contribution in [1.29, 1.82) is 5.26 Å². The highest BCUT2D eigenvalue weighted by molar-refractivity contribution is 5.92. The first-order chi connectivity index (χ1) is 16.6. The Morgan fingerprint density at radius 1 is 0.971 bits per heavy atom. The summed E-state index contributed by atoms with van der Waals surface area (Å²) >= 11 is 0. The molecule has 3 aromatic carbocycles. The Balaban J connectivity index is 1.25. The number of anilines is 2. The molecule has 1 fully saturated rings. The van der Waals surface area contributed by atoms with Gasteiger partial charge in [-0.3, -0.25) is 9.69 Å². The van der Waals surface area contributed by atoms with Crippen LogP contribution in [0.1, 0.15) is 11.1 Å². The van der Waals surface area contributed by atoms with Gasteiger partial charge in [-0.25, -0.2) is 0 Å². The standard InChI is InChI=1S/C27H28N4O3/c1-33-26-17-22(18-28)7-12-25(26)34-20-27(32)29-23-8-10-24(11-9-23)31-15-13-30(14-16-31)19-21-5-3-2-4-6-21/h2-12,17H,13-16,19-20H2,1H3,(H,29,32). The topological polar surface area (TPSA) is 77.8 Å². The number of carbonyl (C=O) groups is 1. The van der Waals surface area contributed by atoms with E-state index < -0.39 is 0 Å². The summed E-state index contributed by atoms with van der Waals surface area (Å²) in [4.78, 5) is 17.2. The van der Waals surface area contributed by atoms with E-state index >= 15 is 0 Å². The van der Waals surface area contributed by atoms with E-state index in [4.69, 9.17) is 14.7 Å². The molecule has 0 spiro atoms. The average molecular weight is 457 g/mol. The number of methoxy groups -OCH3 is 1. The van der Waals surface area contributed by atoms with E-state index in [1.807, 2.05) is 36.4 Å². The molecule has 1 amide bonds. The van der Waals surface area contributed by atoms with Gasteiger partial charge in [-0.05, 0) is 42.0 Å². The van der Waals surface area contributed by atoms with Crippen LogP contribution >= 0.6 is 0 Å². The third kappa shape index (κ3) is 6.06. The lowest BCUT2D eigenvalue weighted by Crippen LogP contribution is -2.45. The second-order valence-electron chi connectivity index (χ2n) is 8.11. The van der Waals surface area contributed by atoms with Crippen molar-refractivity contribution in [2.75, 3.05) is 50.1 Å². The zero-order valence-corrected chi connectivity index (χ0v) is 19.2. The fraction of sp³-hybridized carbons (Fsp3) is 0.259. The predicted molar refractivity (Wildman–Crippen MR) is 132 cm³/mol. The van der Waals surface area contributed by atoms with Crippen LogP contribution in [0.15, 0.2) is 72.8 Å². The number of hydrogen-bond acceptors (Lipinski definition) is 6. The SMILES string of the molecule is COc1cc(C#N)ccc1OCC(=O)Nc1ccc(N2CCN(Cc3ccccc3)CC2)cc1. The molecule has 1 saturated heterocycles. The smallest absolute Gasteiger partial charge is 0.262 e. The van der Waals surface area contributed by atoms with E-state index in [1.165, 1.54) is 12.7 Å². The number of ether oxygens (including phenoxy) is 2. The second-order valence-corrected chi connectivity index (χ2v) is 8.11. The van der Waals surface area contributed by atoms with E-state index in [9.17, 15) is 4.79 Å². The maximum absolute atomic E-state index is 12.3. The molecule has 1 aliphatic heterocycles. The summed E-state index contributed by atoms with van der Waals surface area (Å²) in [5.74, 6) is 0.562. The Labute approximate surface area is 200 Å². The number of nitrogens with zero attached hydrogens (tertiary/aromatic N) is 3. The molecule has 174 valence electrons. The summed E-state index contributed by atoms with van der Waals surface area (Å²) in [5, 5.41) is 11.8. The summed E-state index contributed by atoms with van der Waals surface area (Å²) in [6.45, 7) is 4.80. The predicted octanol–water partition coefficient (Wildman–Crippen LogP) is 3.91. The molecule has 0 atom stereocenters. The number of carbonyl (C=O) groups excluding carboxylic acids is 1. The molecular weight excluding hydrogens is 428 g/mol. The Hall–Kier alpha value is -4.02. The second kappa shape index (κ2) is 11.2. The van der Waals surface area contributed by atoms with Crippen molar-refractivity contribution in [3.05, 3.63) is 83.9 Å². The van der Waals surface area contributed by atoms with Gasteiger partial charge in [-0.15, -0.1) is 0 Å². The molecule has 0 aromatic heterocycles. The van der Waals surface area contributed by atoms with Crippen molar-refractivity contribution in [3.63, 3.8) is 0 Å². The molecule has 0 aliphatic carbocycles. The molecule has 1 aliphatic rings. The zero-order valence-electron chi connectivity index (χ0n) is 19.2. The van der Waals surface area contributed by atoms with Crippen LogP contribution in [0.2, 0.25) is 0 Å². The number of hydrogen-bond donors (Lipinski definition) is 1. The molecule has 7 heteroatoms. The highest BCUT2D eigenvalue weighted by Gasteiger charge is 2.17. The molecule has 0 radical (unpaired) electrons. The first kappa shape index (κ1) is 23.1. The molecule has 0 saturated carbocycles. The highest BCUT2D eigenvalue weighted by Crippen LogP contribution is 2.28. The first-order valence-corrected chi connectivity index (χ1v) is 11.3. The number of amides is 1. The molecule has 34 heavy (non-hydrogen) atoms. The van der Waals surface area contributed by atoms with Crippen LogP contribution in [0.25, 0.3) is 0 Å². The summed E-state index contributed by atoms with van der Waals surface area (Å²) in [6, 6.07) is 25.3. The summed E-state index contributed by atoms with van der Waals surface area (Å²) in [5.41, 5.74) is 3.67. The van der Waals surface area contributed by atoms with Gasteiger partial charge >= 0.3 is 0 Å². The molecule has 7 nitrogen and oxygen atoms in total. The van der Waals surface area contributed by atoms with E-state index in [-0.39, 0.29) is 12.5 Å². The monoisotopic (exact) mass is 456 g/mol. The van der Waals surface area contributed by atoms with Crippen molar-refractivity contribution in [1.82, 2.24) is 4.90 Å². The summed E-state index contributed by atoms with van der Waals surface area (Å²) in [7, 11) is 1.49. The van der Waals surface area contributed by atoms with Gasteiger partial charge in [-0.2, -0.15) is 5.26 Å². The minimum atomic E-state index is -0.270. The molecule has 0 bridgehead atoms. The quantitative estimate of drug-likeness (QED) is 0.554. The molecule has 1 heterocycles. The average Bonchev–Trinajstić information content (AvgIpc) is 2.89. The van der Waals surface area contributed by atoms with Crippen LogP contribution in [0.3, 0.4) is 0 Å². The van der Waals surface area contributed by atoms with Gasteiger partial charge in [0.1, 0.15) is 0 Å². The first-order valence-electron chi connectivity index (χ1n) is 11.3. The van der Waals surface area contributed by atoms with Gasteiger partial charge in [0, 0.05) is 50.2 Å². The fourth-order valence-corrected chi connectivity index (χ4v) is 3.96. The Morgan fingerprint density at radius 2 is 1.71 bits per heavy atom. The van der Waals surface area contributed by atoms with Gasteiger partial charge in [0.05, 0.1) is 18.7 Å². The van der Waals surface area contributed by atoms with Crippen LogP contribution < -0.4 is 19.7 Å². The van der Waals surface area contributed by atoms with Gasteiger partial charge in [0.15, 0.2) is 18.1 Å². The maximum Gasteiger partial charge on any atom is 0.262 e. The number of nitrogens with one attached hydrogen (secondary N) is 1. The van der Waals surface area contributed by atoms with Crippen molar-refractivity contribution in [3.8, 4) is 17.6 Å². The largest absolute Gasteiger partial charge is 0.493 e. The highest BCUT2D eigenvalue weighted by atomic mass is 16.5. The Morgan fingerprint density at radius 3 is 2.38 bits per heavy atom. The van der Waals surface area contributed by atoms with Crippen LogP contribution in [0, 0.1) is 11.3 Å². The number of benzene rings is 3. The molecule has 4 rings (SSSR count). The third-order valence-corrected chi connectivity index (χ3v) is 5.79. The normalized spacial score (nSPS) is 13.7. The lowest BCUT2D eigenvalue weighted by molar-refractivity contribution is -0.118. The molecule has 0 unspecified atom stereocenters. The summed E-state index contributed by atoms with van der Waals surface area (Å²) < 4.78 is 10.8. The van der Waals surface area contributed by atoms with E-state index in [0.717, 1.165) is 38.4 Å². The van der Waals surface area contributed by atoms with Crippen LogP contribution in [-0.2, 0) is 11.3 Å². The minimum Gasteiger partial charge on any atom is -0.493 e. The van der Waals surface area contributed by atoms with E-state index in [1.54, 1.807) is 18.2 Å². The fourth-order valence-electron chi connectivity index (χ4n) is 3.96. The van der Waals surface area contributed by atoms with Crippen LogP contribution in [0.5, 0.6) is 11.5 Å². The van der Waals surface area contributed by atoms with Gasteiger partial charge in [0.2, 0.25) is 0 Å². The van der Waals surface area contributed by atoms with Gasteiger partial charge in [0.25, 0.3) is 5.91 Å². The van der Waals surface area contributed by atoms with Crippen LogP contribution in [0.4, 0.5) is 11.4 Å². The van der Waals surface area contributed by atoms with Crippen molar-refractivity contribution in [2.24, 2.45) is 0 Å². The molecule has 1 N–H and O–H groups in total. The van der Waals surface area contributed by atoms with Crippen molar-refractivity contribution >= 4 is 17.3 Å². The Kier molecular flexibility index (Phi) is 7.63. The lowest BCUT2D eigenvalue weighted by atomic mass is 10.2. The van der Waals surface area contributed by atoms with Gasteiger partial charge < -0.3 is 19.7 Å². The third-order valence-electron chi connectivity index (χ3n) is 5.79. The van der Waals surface area contributed by atoms with E-state index in [2.05, 4.69) is 39.4 Å². The van der Waals surface area contributed by atoms with Crippen molar-refractivity contribution < 1.29 is 14.3 Å². The van der Waals surface area contributed by atoms with Crippen molar-refractivity contribution in [2.45, 2.75) is 6.54 Å². The maximum atomic E-state index is 12.3. The lowest BCUT2D eigenvalue weighted by Gasteiger charge is -2.36. The number of rotatable bonds is 8.